The molecule has 4 rings (SSSR count). The number of nitrogens with one attached hydrogen (secondary N) is 1. The van der Waals surface area contributed by atoms with E-state index in [0.29, 0.717) is 12.8 Å². The van der Waals surface area contributed by atoms with Crippen LogP contribution in [0.3, 0.4) is 0 Å². The highest BCUT2D eigenvalue weighted by Gasteiger charge is 2.25. The lowest BCUT2D eigenvalue weighted by Crippen LogP contribution is -2.47. The van der Waals surface area contributed by atoms with Gasteiger partial charge in [0.15, 0.2) is 16.6 Å². The van der Waals surface area contributed by atoms with Crippen molar-refractivity contribution in [3.8, 4) is 11.5 Å². The molecule has 2 aliphatic rings. The lowest BCUT2D eigenvalue weighted by atomic mass is 10.1. The molecule has 128 valence electrons. The first-order valence-corrected chi connectivity index (χ1v) is 9.14. The fourth-order valence-electron chi connectivity index (χ4n) is 3.21. The molecule has 0 aliphatic carbocycles. The molecule has 1 N–H and O–H groups in total. The van der Waals surface area contributed by atoms with Crippen molar-refractivity contribution in [2.24, 2.45) is 0 Å². The Morgan fingerprint density at radius 2 is 1.96 bits per heavy atom. The largest absolute Gasteiger partial charge is 0.454 e. The highest BCUT2D eigenvalue weighted by atomic mass is 32.1. The Labute approximate surface area is 146 Å². The van der Waals surface area contributed by atoms with Crippen LogP contribution in [0.25, 0.3) is 0 Å². The van der Waals surface area contributed by atoms with Crippen LogP contribution < -0.4 is 19.7 Å². The van der Waals surface area contributed by atoms with Gasteiger partial charge in [-0.3, -0.25) is 4.90 Å². The van der Waals surface area contributed by atoms with Crippen molar-refractivity contribution in [1.82, 2.24) is 9.88 Å². The number of aromatic nitrogens is 1. The van der Waals surface area contributed by atoms with Gasteiger partial charge < -0.3 is 19.7 Å². The summed E-state index contributed by atoms with van der Waals surface area (Å²) in [5.74, 6) is 2.66. The summed E-state index contributed by atoms with van der Waals surface area (Å²) in [4.78, 5) is 9.49. The van der Waals surface area contributed by atoms with Crippen LogP contribution >= 0.6 is 11.3 Å². The smallest absolute Gasteiger partial charge is 0.231 e. The molecule has 6 nitrogen and oxygen atoms in total. The molecular weight excluding hydrogens is 324 g/mol. The van der Waals surface area contributed by atoms with Gasteiger partial charge in [-0.1, -0.05) is 6.07 Å². The Hall–Kier alpha value is -1.99. The SMILES string of the molecule is CNc1csc(N2CCN(C(C)c3ccc4c(c3)OCO4)CC2)n1. The summed E-state index contributed by atoms with van der Waals surface area (Å²) in [5, 5.41) is 6.27. The zero-order chi connectivity index (χ0) is 16.5. The summed E-state index contributed by atoms with van der Waals surface area (Å²) < 4.78 is 10.9. The molecule has 0 bridgehead atoms. The lowest BCUT2D eigenvalue weighted by molar-refractivity contribution is 0.173. The minimum atomic E-state index is 0.328. The Bertz CT molecular complexity index is 712. The van der Waals surface area contributed by atoms with E-state index in [2.05, 4.69) is 44.5 Å². The van der Waals surface area contributed by atoms with E-state index < -0.39 is 0 Å². The van der Waals surface area contributed by atoms with Crippen LogP contribution in [-0.2, 0) is 0 Å². The molecule has 0 amide bonds. The fraction of sp³-hybridized carbons (Fsp3) is 0.471. The highest BCUT2D eigenvalue weighted by Crippen LogP contribution is 2.35. The molecule has 2 aliphatic heterocycles. The van der Waals surface area contributed by atoms with Crippen LogP contribution in [0.2, 0.25) is 0 Å². The van der Waals surface area contributed by atoms with Crippen molar-refractivity contribution in [2.45, 2.75) is 13.0 Å². The van der Waals surface area contributed by atoms with E-state index in [1.807, 2.05) is 13.1 Å². The van der Waals surface area contributed by atoms with Gasteiger partial charge in [0.05, 0.1) is 0 Å². The third-order valence-electron chi connectivity index (χ3n) is 4.76. The summed E-state index contributed by atoms with van der Waals surface area (Å²) in [7, 11) is 1.91. The zero-order valence-electron chi connectivity index (χ0n) is 14.0. The molecule has 24 heavy (non-hydrogen) atoms. The number of nitrogens with zero attached hydrogens (tertiary/aromatic N) is 3. The number of hydrogen-bond donors (Lipinski definition) is 1. The first-order valence-electron chi connectivity index (χ1n) is 8.26. The van der Waals surface area contributed by atoms with Gasteiger partial charge in [-0.15, -0.1) is 11.3 Å². The molecule has 1 unspecified atom stereocenters. The minimum absolute atomic E-state index is 0.328. The van der Waals surface area contributed by atoms with Crippen LogP contribution in [0.4, 0.5) is 10.9 Å². The van der Waals surface area contributed by atoms with Crippen LogP contribution in [-0.4, -0.2) is 49.9 Å². The van der Waals surface area contributed by atoms with Crippen molar-refractivity contribution in [3.05, 3.63) is 29.1 Å². The molecule has 0 saturated carbocycles. The molecule has 0 radical (unpaired) electrons. The van der Waals surface area contributed by atoms with Crippen LogP contribution in [0.1, 0.15) is 18.5 Å². The van der Waals surface area contributed by atoms with E-state index in [4.69, 9.17) is 9.47 Å². The molecule has 1 atom stereocenters. The number of anilines is 2. The maximum Gasteiger partial charge on any atom is 0.231 e. The molecule has 1 fully saturated rings. The highest BCUT2D eigenvalue weighted by molar-refractivity contribution is 7.14. The summed E-state index contributed by atoms with van der Waals surface area (Å²) >= 11 is 1.70. The van der Waals surface area contributed by atoms with Crippen LogP contribution in [0, 0.1) is 0 Å². The number of rotatable bonds is 4. The van der Waals surface area contributed by atoms with Crippen molar-refractivity contribution < 1.29 is 9.47 Å². The maximum absolute atomic E-state index is 5.50. The van der Waals surface area contributed by atoms with Crippen molar-refractivity contribution in [1.29, 1.82) is 0 Å². The molecule has 0 spiro atoms. The molecule has 3 heterocycles. The van der Waals surface area contributed by atoms with E-state index in [9.17, 15) is 0 Å². The van der Waals surface area contributed by atoms with Gasteiger partial charge in [-0.2, -0.15) is 0 Å². The second-order valence-corrected chi connectivity index (χ2v) is 6.91. The molecule has 7 heteroatoms. The van der Waals surface area contributed by atoms with Crippen molar-refractivity contribution in [2.75, 3.05) is 50.2 Å². The lowest BCUT2D eigenvalue weighted by Gasteiger charge is -2.38. The number of thiazole rings is 1. The molecule has 1 saturated heterocycles. The van der Waals surface area contributed by atoms with E-state index >= 15 is 0 Å². The summed E-state index contributed by atoms with van der Waals surface area (Å²) in [6.07, 6.45) is 0. The van der Waals surface area contributed by atoms with Crippen LogP contribution in [0.15, 0.2) is 23.6 Å². The number of ether oxygens (including phenoxy) is 2. The minimum Gasteiger partial charge on any atom is -0.454 e. The summed E-state index contributed by atoms with van der Waals surface area (Å²) in [5.41, 5.74) is 1.28. The number of benzene rings is 1. The van der Waals surface area contributed by atoms with E-state index in [1.165, 1.54) is 5.56 Å². The standard InChI is InChI=1S/C17H22N4O2S/c1-12(13-3-4-14-15(9-13)23-11-22-14)20-5-7-21(8-6-20)17-19-16(18-2)10-24-17/h3-4,9-10,12,18H,5-8,11H2,1-2H3. The second-order valence-electron chi connectivity index (χ2n) is 6.08. The number of hydrogen-bond acceptors (Lipinski definition) is 7. The van der Waals surface area contributed by atoms with Crippen LogP contribution in [0.5, 0.6) is 11.5 Å². The van der Waals surface area contributed by atoms with Gasteiger partial charge in [0.25, 0.3) is 0 Å². The number of fused-ring (bicyclic) bond motifs is 1. The number of piperazine rings is 1. The third-order valence-corrected chi connectivity index (χ3v) is 5.66. The summed E-state index contributed by atoms with van der Waals surface area (Å²) in [6.45, 7) is 6.66. The van der Waals surface area contributed by atoms with E-state index in [0.717, 1.165) is 48.6 Å². The van der Waals surface area contributed by atoms with Crippen molar-refractivity contribution >= 4 is 22.3 Å². The average molecular weight is 346 g/mol. The van der Waals surface area contributed by atoms with Gasteiger partial charge in [0, 0.05) is 44.6 Å². The predicted octanol–water partition coefficient (Wildman–Crippen LogP) is 2.80. The normalized spacial score (nSPS) is 18.7. The topological polar surface area (TPSA) is 49.9 Å². The maximum atomic E-state index is 5.50. The Balaban J connectivity index is 1.40. The quantitative estimate of drug-likeness (QED) is 0.919. The second kappa shape index (κ2) is 6.49. The third kappa shape index (κ3) is 2.89. The van der Waals surface area contributed by atoms with Gasteiger partial charge >= 0.3 is 0 Å². The van der Waals surface area contributed by atoms with E-state index in [-0.39, 0.29) is 0 Å². The van der Waals surface area contributed by atoms with Gasteiger partial charge in [-0.05, 0) is 24.6 Å². The van der Waals surface area contributed by atoms with Crippen molar-refractivity contribution in [3.63, 3.8) is 0 Å². The monoisotopic (exact) mass is 346 g/mol. The summed E-state index contributed by atoms with van der Waals surface area (Å²) in [6, 6.07) is 6.63. The van der Waals surface area contributed by atoms with E-state index in [1.54, 1.807) is 11.3 Å². The first kappa shape index (κ1) is 15.5. The molecule has 2 aromatic rings. The Morgan fingerprint density at radius 3 is 2.71 bits per heavy atom. The Kier molecular flexibility index (Phi) is 4.20. The predicted molar refractivity (Wildman–Crippen MR) is 96.4 cm³/mol. The van der Waals surface area contributed by atoms with Gasteiger partial charge in [0.1, 0.15) is 5.82 Å². The Morgan fingerprint density at radius 1 is 1.17 bits per heavy atom. The van der Waals surface area contributed by atoms with Gasteiger partial charge in [-0.25, -0.2) is 4.98 Å². The first-order chi connectivity index (χ1) is 11.7. The molecule has 1 aromatic heterocycles. The van der Waals surface area contributed by atoms with Gasteiger partial charge in [0.2, 0.25) is 6.79 Å². The molecular formula is C17H22N4O2S. The fourth-order valence-corrected chi connectivity index (χ4v) is 4.08. The zero-order valence-corrected chi connectivity index (χ0v) is 14.8. The molecule has 1 aromatic carbocycles. The average Bonchev–Trinajstić information content (AvgIpc) is 3.29.